The molecule has 1 saturated heterocycles. The minimum atomic E-state index is -0.228. The number of furan rings is 1. The Kier molecular flexibility index (Phi) is 5.17. The van der Waals surface area contributed by atoms with Crippen LogP contribution in [0.15, 0.2) is 47.1 Å². The van der Waals surface area contributed by atoms with Crippen molar-refractivity contribution in [2.45, 2.75) is 13.0 Å². The van der Waals surface area contributed by atoms with Crippen LogP contribution in [-0.4, -0.2) is 61.6 Å². The molecule has 1 amide bonds. The van der Waals surface area contributed by atoms with Crippen LogP contribution < -0.4 is 0 Å². The Hall–Kier alpha value is -2.88. The van der Waals surface area contributed by atoms with Crippen molar-refractivity contribution in [1.29, 1.82) is 0 Å². The van der Waals surface area contributed by atoms with Gasteiger partial charge in [-0.15, -0.1) is 5.10 Å². The molecule has 8 nitrogen and oxygen atoms in total. The van der Waals surface area contributed by atoms with E-state index < -0.39 is 0 Å². The predicted octanol–water partition coefficient (Wildman–Crippen LogP) is 3.60. The van der Waals surface area contributed by atoms with E-state index in [9.17, 15) is 9.90 Å². The van der Waals surface area contributed by atoms with Crippen LogP contribution in [0.5, 0.6) is 5.88 Å². The van der Waals surface area contributed by atoms with E-state index in [4.69, 9.17) is 16.0 Å². The molecule has 0 radical (unpaired) electrons. The molecule has 3 aromatic heterocycles. The maximum absolute atomic E-state index is 12.6. The summed E-state index contributed by atoms with van der Waals surface area (Å²) < 4.78 is 6.73. The monoisotopic (exact) mass is 457 g/mol. The molecule has 0 spiro atoms. The lowest BCUT2D eigenvalue weighted by molar-refractivity contribution is 0.0568. The fraction of sp³-hybridized carbons (Fsp3) is 0.286. The van der Waals surface area contributed by atoms with Crippen molar-refractivity contribution in [2.24, 2.45) is 0 Å². The average Bonchev–Trinajstić information content (AvgIpc) is 3.48. The van der Waals surface area contributed by atoms with Gasteiger partial charge in [-0.2, -0.15) is 4.52 Å². The molecule has 31 heavy (non-hydrogen) atoms. The molecular weight excluding hydrogens is 438 g/mol. The number of carbonyl (C=O) groups is 1. The zero-order valence-electron chi connectivity index (χ0n) is 16.7. The Balaban J connectivity index is 1.46. The van der Waals surface area contributed by atoms with Gasteiger partial charge in [0.25, 0.3) is 5.91 Å². The summed E-state index contributed by atoms with van der Waals surface area (Å²) >= 11 is 7.70. The van der Waals surface area contributed by atoms with Gasteiger partial charge in [-0.25, -0.2) is 4.98 Å². The Morgan fingerprint density at radius 3 is 2.71 bits per heavy atom. The highest BCUT2D eigenvalue weighted by atomic mass is 35.5. The SMILES string of the molecule is Cc1nc2sc([C@H](c3cccc(Cl)c3)N3CCN(C(=O)c4ccco4)CC3)c(O)n2n1. The van der Waals surface area contributed by atoms with Crippen molar-refractivity contribution in [3.63, 3.8) is 0 Å². The molecule has 5 rings (SSSR count). The fourth-order valence-electron chi connectivity index (χ4n) is 3.97. The number of nitrogens with zero attached hydrogens (tertiary/aromatic N) is 5. The third kappa shape index (κ3) is 3.69. The molecular formula is C21H20ClN5O3S. The second-order valence-corrected chi connectivity index (χ2v) is 8.85. The number of benzene rings is 1. The van der Waals surface area contributed by atoms with Crippen molar-refractivity contribution >= 4 is 33.8 Å². The van der Waals surface area contributed by atoms with E-state index in [2.05, 4.69) is 15.0 Å². The Labute approximate surface area is 187 Å². The van der Waals surface area contributed by atoms with Crippen molar-refractivity contribution in [3.05, 3.63) is 69.7 Å². The topological polar surface area (TPSA) is 87.1 Å². The summed E-state index contributed by atoms with van der Waals surface area (Å²) in [6.45, 7) is 4.17. The third-order valence-electron chi connectivity index (χ3n) is 5.42. The number of aromatic hydroxyl groups is 1. The average molecular weight is 458 g/mol. The summed E-state index contributed by atoms with van der Waals surface area (Å²) in [6.07, 6.45) is 1.50. The summed E-state index contributed by atoms with van der Waals surface area (Å²) in [5.41, 5.74) is 0.967. The molecule has 0 saturated carbocycles. The Bertz CT molecular complexity index is 1230. The standard InChI is InChI=1S/C21H20ClN5O3S/c1-13-23-21-27(24-13)20(29)18(31-21)17(14-4-2-5-15(22)12-14)25-7-9-26(10-8-25)19(28)16-6-3-11-30-16/h2-6,11-12,17,29H,7-10H2,1H3/t17-/m0/s1. The zero-order valence-corrected chi connectivity index (χ0v) is 18.3. The van der Waals surface area contributed by atoms with Gasteiger partial charge in [-0.1, -0.05) is 35.1 Å². The molecule has 1 aliphatic heterocycles. The van der Waals surface area contributed by atoms with E-state index in [1.54, 1.807) is 24.0 Å². The molecule has 0 unspecified atom stereocenters. The first-order valence-electron chi connectivity index (χ1n) is 9.88. The van der Waals surface area contributed by atoms with Crippen LogP contribution in [0.3, 0.4) is 0 Å². The van der Waals surface area contributed by atoms with Gasteiger partial charge in [0.15, 0.2) is 5.76 Å². The van der Waals surface area contributed by atoms with Gasteiger partial charge >= 0.3 is 0 Å². The van der Waals surface area contributed by atoms with Crippen LogP contribution in [-0.2, 0) is 0 Å². The van der Waals surface area contributed by atoms with Crippen LogP contribution in [0, 0.1) is 6.92 Å². The highest BCUT2D eigenvalue weighted by molar-refractivity contribution is 7.17. The lowest BCUT2D eigenvalue weighted by atomic mass is 10.0. The minimum absolute atomic E-state index is 0.0830. The summed E-state index contributed by atoms with van der Waals surface area (Å²) in [6, 6.07) is 10.8. The van der Waals surface area contributed by atoms with E-state index >= 15 is 0 Å². The molecule has 4 aromatic rings. The first kappa shape index (κ1) is 20.0. The lowest BCUT2D eigenvalue weighted by Crippen LogP contribution is -2.49. The van der Waals surface area contributed by atoms with Gasteiger partial charge in [0, 0.05) is 31.2 Å². The van der Waals surface area contributed by atoms with E-state index in [-0.39, 0.29) is 17.8 Å². The third-order valence-corrected chi connectivity index (χ3v) is 6.72. The number of rotatable bonds is 4. The number of carbonyl (C=O) groups excluding carboxylic acids is 1. The molecule has 10 heteroatoms. The number of hydrogen-bond donors (Lipinski definition) is 1. The molecule has 1 N–H and O–H groups in total. The Morgan fingerprint density at radius 2 is 2.03 bits per heavy atom. The second-order valence-electron chi connectivity index (χ2n) is 7.41. The number of aryl methyl sites for hydroxylation is 1. The number of fused-ring (bicyclic) bond motifs is 1. The summed E-state index contributed by atoms with van der Waals surface area (Å²) in [5, 5.41) is 15.9. The van der Waals surface area contributed by atoms with Crippen LogP contribution in [0.25, 0.3) is 4.96 Å². The van der Waals surface area contributed by atoms with E-state index in [0.717, 1.165) is 10.4 Å². The van der Waals surface area contributed by atoms with Crippen molar-refractivity contribution in [3.8, 4) is 5.88 Å². The molecule has 0 aliphatic carbocycles. The maximum Gasteiger partial charge on any atom is 0.289 e. The number of halogens is 1. The smallest absolute Gasteiger partial charge is 0.289 e. The van der Waals surface area contributed by atoms with Gasteiger partial charge in [0.2, 0.25) is 10.8 Å². The van der Waals surface area contributed by atoms with Crippen LogP contribution in [0.4, 0.5) is 0 Å². The van der Waals surface area contributed by atoms with Crippen LogP contribution >= 0.6 is 22.9 Å². The summed E-state index contributed by atoms with van der Waals surface area (Å²) in [4.78, 5) is 22.5. The van der Waals surface area contributed by atoms with Crippen molar-refractivity contribution in [1.82, 2.24) is 24.4 Å². The predicted molar refractivity (Wildman–Crippen MR) is 117 cm³/mol. The highest BCUT2D eigenvalue weighted by Crippen LogP contribution is 2.40. The number of aromatic nitrogens is 3. The molecule has 4 heterocycles. The first-order valence-corrected chi connectivity index (χ1v) is 11.1. The van der Waals surface area contributed by atoms with Gasteiger partial charge in [-0.05, 0) is 36.8 Å². The number of thiazole rings is 1. The first-order chi connectivity index (χ1) is 15.0. The summed E-state index contributed by atoms with van der Waals surface area (Å²) in [7, 11) is 0. The second kappa shape index (κ2) is 7.99. The minimum Gasteiger partial charge on any atom is -0.492 e. The molecule has 160 valence electrons. The molecule has 1 aromatic carbocycles. The van der Waals surface area contributed by atoms with Gasteiger partial charge < -0.3 is 14.4 Å². The van der Waals surface area contributed by atoms with Crippen molar-refractivity contribution in [2.75, 3.05) is 26.2 Å². The van der Waals surface area contributed by atoms with Crippen molar-refractivity contribution < 1.29 is 14.3 Å². The summed E-state index contributed by atoms with van der Waals surface area (Å²) in [5.74, 6) is 0.927. The van der Waals surface area contributed by atoms with Gasteiger partial charge in [-0.3, -0.25) is 9.69 Å². The molecule has 1 fully saturated rings. The molecule has 1 aliphatic rings. The largest absolute Gasteiger partial charge is 0.492 e. The van der Waals surface area contributed by atoms with Gasteiger partial charge in [0.05, 0.1) is 17.2 Å². The van der Waals surface area contributed by atoms with E-state index in [1.807, 2.05) is 24.3 Å². The normalized spacial score (nSPS) is 16.1. The number of piperazine rings is 1. The highest BCUT2D eigenvalue weighted by Gasteiger charge is 2.33. The number of amides is 1. The maximum atomic E-state index is 12.6. The Morgan fingerprint density at radius 1 is 1.23 bits per heavy atom. The van der Waals surface area contributed by atoms with Crippen LogP contribution in [0.2, 0.25) is 5.02 Å². The molecule has 0 bridgehead atoms. The lowest BCUT2D eigenvalue weighted by Gasteiger charge is -2.38. The zero-order chi connectivity index (χ0) is 21.5. The number of hydrogen-bond acceptors (Lipinski definition) is 7. The van der Waals surface area contributed by atoms with Crippen LogP contribution in [0.1, 0.15) is 32.9 Å². The quantitative estimate of drug-likeness (QED) is 0.504. The van der Waals surface area contributed by atoms with Gasteiger partial charge in [0.1, 0.15) is 5.82 Å². The van der Waals surface area contributed by atoms with E-state index in [0.29, 0.717) is 47.7 Å². The molecule has 1 atom stereocenters. The fourth-order valence-corrected chi connectivity index (χ4v) is 5.33. The van der Waals surface area contributed by atoms with E-state index in [1.165, 1.54) is 22.1 Å².